The molecule has 3 heterocycles. The van der Waals surface area contributed by atoms with E-state index >= 15 is 0 Å². The zero-order valence-electron chi connectivity index (χ0n) is 12.1. The lowest BCUT2D eigenvalue weighted by Gasteiger charge is -2.22. The smallest absolute Gasteiger partial charge is 0.318 e. The van der Waals surface area contributed by atoms with Crippen molar-refractivity contribution in [2.45, 2.75) is 39.3 Å². The van der Waals surface area contributed by atoms with Crippen molar-refractivity contribution in [3.05, 3.63) is 33.6 Å². The summed E-state index contributed by atoms with van der Waals surface area (Å²) in [7, 11) is 0. The third kappa shape index (κ3) is 3.07. The molecule has 2 aromatic rings. The van der Waals surface area contributed by atoms with Crippen LogP contribution in [-0.2, 0) is 6.54 Å². The number of aryl methyl sites for hydroxylation is 2. The van der Waals surface area contributed by atoms with Crippen LogP contribution in [0.3, 0.4) is 0 Å². The molecule has 1 aliphatic rings. The normalized spacial score (nSPS) is 18.2. The summed E-state index contributed by atoms with van der Waals surface area (Å²) in [6.07, 6.45) is 1.90. The quantitative estimate of drug-likeness (QED) is 0.946. The lowest BCUT2D eigenvalue weighted by atomic mass is 10.1. The van der Waals surface area contributed by atoms with E-state index < -0.39 is 0 Å². The fourth-order valence-electron chi connectivity index (χ4n) is 2.58. The van der Waals surface area contributed by atoms with Gasteiger partial charge in [-0.3, -0.25) is 0 Å². The molecule has 0 saturated carbocycles. The van der Waals surface area contributed by atoms with Gasteiger partial charge >= 0.3 is 6.03 Å². The van der Waals surface area contributed by atoms with E-state index in [1.54, 1.807) is 11.3 Å². The maximum absolute atomic E-state index is 12.3. The van der Waals surface area contributed by atoms with Crippen LogP contribution in [0.5, 0.6) is 0 Å². The zero-order chi connectivity index (χ0) is 14.8. The summed E-state index contributed by atoms with van der Waals surface area (Å²) in [6.45, 7) is 5.05. The second kappa shape index (κ2) is 5.85. The first-order valence-corrected chi connectivity index (χ1v) is 7.90. The Labute approximate surface area is 127 Å². The minimum atomic E-state index is -0.0700. The molecule has 6 nitrogen and oxygen atoms in total. The Kier molecular flexibility index (Phi) is 3.92. The summed E-state index contributed by atoms with van der Waals surface area (Å²) >= 11 is 1.56. The lowest BCUT2D eigenvalue weighted by Crippen LogP contribution is -2.39. The number of carbonyl (C=O) groups is 1. The molecule has 0 aromatic carbocycles. The van der Waals surface area contributed by atoms with E-state index in [9.17, 15) is 4.79 Å². The molecule has 0 aliphatic carbocycles. The van der Waals surface area contributed by atoms with Crippen molar-refractivity contribution in [1.29, 1.82) is 0 Å². The van der Waals surface area contributed by atoms with Crippen LogP contribution in [0.2, 0.25) is 0 Å². The molecule has 0 spiro atoms. The van der Waals surface area contributed by atoms with E-state index in [1.807, 2.05) is 30.2 Å². The number of nitrogens with zero attached hydrogens (tertiary/aromatic N) is 3. The Morgan fingerprint density at radius 3 is 3.05 bits per heavy atom. The van der Waals surface area contributed by atoms with Gasteiger partial charge in [-0.15, -0.1) is 11.3 Å². The number of hydrogen-bond acceptors (Lipinski definition) is 5. The predicted octanol–water partition coefficient (Wildman–Crippen LogP) is 2.79. The fourth-order valence-corrected chi connectivity index (χ4v) is 3.29. The van der Waals surface area contributed by atoms with Gasteiger partial charge in [0.25, 0.3) is 0 Å². The third-order valence-electron chi connectivity index (χ3n) is 3.55. The average Bonchev–Trinajstić information content (AvgIpc) is 3.16. The number of likely N-dealkylation sites (tertiary alicyclic amines) is 1. The van der Waals surface area contributed by atoms with Crippen LogP contribution in [-0.4, -0.2) is 27.6 Å². The van der Waals surface area contributed by atoms with Gasteiger partial charge in [-0.1, -0.05) is 5.16 Å². The van der Waals surface area contributed by atoms with E-state index in [4.69, 9.17) is 4.52 Å². The summed E-state index contributed by atoms with van der Waals surface area (Å²) in [4.78, 5) is 18.5. The van der Waals surface area contributed by atoms with Gasteiger partial charge in [-0.25, -0.2) is 9.78 Å². The first-order chi connectivity index (χ1) is 10.1. The average molecular weight is 306 g/mol. The number of rotatable bonds is 3. The molecule has 1 saturated heterocycles. The Morgan fingerprint density at radius 1 is 1.52 bits per heavy atom. The molecule has 3 rings (SSSR count). The largest absolute Gasteiger partial charge is 0.359 e. The van der Waals surface area contributed by atoms with Crippen molar-refractivity contribution in [1.82, 2.24) is 20.4 Å². The molecular weight excluding hydrogens is 288 g/mol. The Hall–Kier alpha value is -1.89. The Balaban J connectivity index is 1.63. The molecule has 0 bridgehead atoms. The van der Waals surface area contributed by atoms with E-state index in [-0.39, 0.29) is 12.1 Å². The van der Waals surface area contributed by atoms with Gasteiger partial charge in [-0.05, 0) is 26.7 Å². The van der Waals surface area contributed by atoms with Crippen LogP contribution in [0.1, 0.15) is 41.0 Å². The molecule has 1 atom stereocenters. The second-order valence-electron chi connectivity index (χ2n) is 5.26. The van der Waals surface area contributed by atoms with Crippen LogP contribution in [0, 0.1) is 13.8 Å². The van der Waals surface area contributed by atoms with Crippen LogP contribution >= 0.6 is 11.3 Å². The zero-order valence-corrected chi connectivity index (χ0v) is 12.9. The van der Waals surface area contributed by atoms with Crippen LogP contribution in [0.4, 0.5) is 4.79 Å². The second-order valence-corrected chi connectivity index (χ2v) is 6.21. The summed E-state index contributed by atoms with van der Waals surface area (Å²) in [5, 5.41) is 9.75. The third-order valence-corrected chi connectivity index (χ3v) is 4.51. The highest BCUT2D eigenvalue weighted by atomic mass is 32.1. The highest BCUT2D eigenvalue weighted by molar-refractivity contribution is 7.09. The number of amides is 2. The van der Waals surface area contributed by atoms with Crippen molar-refractivity contribution in [2.24, 2.45) is 0 Å². The van der Waals surface area contributed by atoms with E-state index in [1.165, 1.54) is 0 Å². The van der Waals surface area contributed by atoms with Gasteiger partial charge in [0.2, 0.25) is 0 Å². The molecule has 2 amide bonds. The van der Waals surface area contributed by atoms with Gasteiger partial charge < -0.3 is 14.7 Å². The fraction of sp³-hybridized carbons (Fsp3) is 0.500. The molecular formula is C14H18N4O2S. The van der Waals surface area contributed by atoms with Crippen LogP contribution in [0.15, 0.2) is 16.0 Å². The van der Waals surface area contributed by atoms with Crippen molar-refractivity contribution in [3.63, 3.8) is 0 Å². The Bertz CT molecular complexity index is 636. The summed E-state index contributed by atoms with van der Waals surface area (Å²) < 4.78 is 5.31. The highest BCUT2D eigenvalue weighted by Crippen LogP contribution is 2.32. The minimum Gasteiger partial charge on any atom is -0.359 e. The van der Waals surface area contributed by atoms with Crippen LogP contribution in [0.25, 0.3) is 0 Å². The van der Waals surface area contributed by atoms with Crippen molar-refractivity contribution >= 4 is 17.4 Å². The standard InChI is InChI=1S/C14H18N4O2S/c1-9-6-12(20-17-9)11-4-3-5-18(11)14(19)15-7-13-16-10(2)8-21-13/h6,8,11H,3-5,7H2,1-2H3,(H,15,19)/t11-/m0/s1. The molecule has 1 fully saturated rings. The topological polar surface area (TPSA) is 71.3 Å². The lowest BCUT2D eigenvalue weighted by molar-refractivity contribution is 0.182. The number of nitrogens with one attached hydrogen (secondary N) is 1. The predicted molar refractivity (Wildman–Crippen MR) is 79.0 cm³/mol. The van der Waals surface area contributed by atoms with Gasteiger partial charge in [-0.2, -0.15) is 0 Å². The number of hydrogen-bond donors (Lipinski definition) is 1. The number of thiazole rings is 1. The molecule has 21 heavy (non-hydrogen) atoms. The van der Waals surface area contributed by atoms with E-state index in [2.05, 4.69) is 15.5 Å². The highest BCUT2D eigenvalue weighted by Gasteiger charge is 2.32. The monoisotopic (exact) mass is 306 g/mol. The molecule has 0 radical (unpaired) electrons. The maximum atomic E-state index is 12.3. The van der Waals surface area contributed by atoms with Crippen molar-refractivity contribution in [3.8, 4) is 0 Å². The molecule has 2 aromatic heterocycles. The molecule has 1 aliphatic heterocycles. The minimum absolute atomic E-state index is 0.00997. The summed E-state index contributed by atoms with van der Waals surface area (Å²) in [6, 6.07) is 1.82. The number of aromatic nitrogens is 2. The van der Waals surface area contributed by atoms with Crippen LogP contribution < -0.4 is 5.32 Å². The van der Waals surface area contributed by atoms with Gasteiger partial charge in [0.05, 0.1) is 18.3 Å². The van der Waals surface area contributed by atoms with Gasteiger partial charge in [0.15, 0.2) is 5.76 Å². The van der Waals surface area contributed by atoms with Gasteiger partial charge in [0, 0.05) is 23.7 Å². The summed E-state index contributed by atoms with van der Waals surface area (Å²) in [5.41, 5.74) is 1.83. The maximum Gasteiger partial charge on any atom is 0.318 e. The number of urea groups is 1. The first kappa shape index (κ1) is 14.1. The van der Waals surface area contributed by atoms with Crippen molar-refractivity contribution in [2.75, 3.05) is 6.54 Å². The number of carbonyl (C=O) groups excluding carboxylic acids is 1. The van der Waals surface area contributed by atoms with E-state index in [0.29, 0.717) is 6.54 Å². The molecule has 1 N–H and O–H groups in total. The van der Waals surface area contributed by atoms with Gasteiger partial charge in [0.1, 0.15) is 5.01 Å². The van der Waals surface area contributed by atoms with E-state index in [0.717, 1.165) is 41.5 Å². The molecule has 0 unspecified atom stereocenters. The summed E-state index contributed by atoms with van der Waals surface area (Å²) in [5.74, 6) is 0.769. The molecule has 7 heteroatoms. The SMILES string of the molecule is Cc1cc([C@@H]2CCCN2C(=O)NCc2nc(C)cs2)on1. The molecule has 112 valence electrons. The first-order valence-electron chi connectivity index (χ1n) is 7.02. The van der Waals surface area contributed by atoms with Crippen molar-refractivity contribution < 1.29 is 9.32 Å². The Morgan fingerprint density at radius 2 is 2.38 bits per heavy atom.